The number of halogens is 5. The molecule has 1 aromatic heterocycles. The van der Waals surface area contributed by atoms with E-state index in [9.17, 15) is 18.0 Å². The van der Waals surface area contributed by atoms with Gasteiger partial charge in [-0.1, -0.05) is 35.3 Å². The maximum absolute atomic E-state index is 13.7. The molecule has 28 heavy (non-hydrogen) atoms. The van der Waals surface area contributed by atoms with E-state index < -0.39 is 29.4 Å². The largest absolute Gasteiger partial charge is 0.434 e. The molecule has 1 atom stereocenters. The summed E-state index contributed by atoms with van der Waals surface area (Å²) in [5, 5.41) is 7.16. The quantitative estimate of drug-likeness (QED) is 0.581. The molecule has 3 aromatic rings. The van der Waals surface area contributed by atoms with Gasteiger partial charge in [-0.15, -0.1) is 0 Å². The molecule has 0 radical (unpaired) electrons. The van der Waals surface area contributed by atoms with Crippen LogP contribution >= 0.6 is 23.2 Å². The Labute approximate surface area is 168 Å². The van der Waals surface area contributed by atoms with E-state index in [1.807, 2.05) is 0 Å². The summed E-state index contributed by atoms with van der Waals surface area (Å²) in [6.45, 7) is 1.65. The number of alkyl halides is 3. The van der Waals surface area contributed by atoms with Gasteiger partial charge in [0, 0.05) is 10.0 Å². The zero-order valence-corrected chi connectivity index (χ0v) is 16.0. The maximum atomic E-state index is 13.7. The van der Waals surface area contributed by atoms with E-state index in [4.69, 9.17) is 23.2 Å². The van der Waals surface area contributed by atoms with Crippen molar-refractivity contribution in [3.63, 3.8) is 0 Å². The minimum Gasteiger partial charge on any atom is -0.345 e. The Morgan fingerprint density at radius 1 is 1.11 bits per heavy atom. The average Bonchev–Trinajstić information content (AvgIpc) is 3.08. The van der Waals surface area contributed by atoms with Gasteiger partial charge < -0.3 is 5.32 Å². The Morgan fingerprint density at radius 2 is 1.79 bits per heavy atom. The first kappa shape index (κ1) is 20.2. The average molecular weight is 428 g/mol. The van der Waals surface area contributed by atoms with Gasteiger partial charge in [0.1, 0.15) is 0 Å². The number of nitrogens with one attached hydrogen (secondary N) is 1. The van der Waals surface area contributed by atoms with Crippen molar-refractivity contribution >= 4 is 29.1 Å². The molecule has 0 spiro atoms. The zero-order valence-electron chi connectivity index (χ0n) is 14.5. The first-order chi connectivity index (χ1) is 13.2. The van der Waals surface area contributed by atoms with Crippen LogP contribution in [-0.4, -0.2) is 15.7 Å². The van der Waals surface area contributed by atoms with Crippen LogP contribution in [-0.2, 0) is 6.18 Å². The second-order valence-corrected chi connectivity index (χ2v) is 6.92. The monoisotopic (exact) mass is 427 g/mol. The molecule has 0 saturated carbocycles. The van der Waals surface area contributed by atoms with Gasteiger partial charge in [0.15, 0.2) is 5.69 Å². The molecule has 0 aliphatic heterocycles. The predicted molar refractivity (Wildman–Crippen MR) is 101 cm³/mol. The lowest BCUT2D eigenvalue weighted by Crippen LogP contribution is -2.29. The topological polar surface area (TPSA) is 46.9 Å². The van der Waals surface area contributed by atoms with Crippen molar-refractivity contribution in [1.29, 1.82) is 0 Å². The maximum Gasteiger partial charge on any atom is 0.434 e. The number of benzene rings is 2. The Bertz CT molecular complexity index is 1000. The highest BCUT2D eigenvalue weighted by Crippen LogP contribution is 2.34. The first-order valence-corrected chi connectivity index (χ1v) is 8.90. The van der Waals surface area contributed by atoms with Crippen LogP contribution in [0.1, 0.15) is 34.6 Å². The second kappa shape index (κ2) is 7.85. The number of hydrogen-bond donors (Lipinski definition) is 1. The molecule has 1 N–H and O–H groups in total. The summed E-state index contributed by atoms with van der Waals surface area (Å²) in [6, 6.07) is 11.8. The van der Waals surface area contributed by atoms with E-state index in [1.54, 1.807) is 31.2 Å². The number of rotatable bonds is 4. The number of carbonyl (C=O) groups excluding carboxylic acids is 1. The van der Waals surface area contributed by atoms with E-state index >= 15 is 0 Å². The highest BCUT2D eigenvalue weighted by Gasteiger charge is 2.40. The van der Waals surface area contributed by atoms with E-state index in [1.165, 1.54) is 24.3 Å². The van der Waals surface area contributed by atoms with Crippen molar-refractivity contribution in [2.45, 2.75) is 19.1 Å². The van der Waals surface area contributed by atoms with Gasteiger partial charge >= 0.3 is 6.18 Å². The van der Waals surface area contributed by atoms with Crippen LogP contribution in [0.4, 0.5) is 13.2 Å². The van der Waals surface area contributed by atoms with Gasteiger partial charge in [-0.2, -0.15) is 18.3 Å². The van der Waals surface area contributed by atoms with Gasteiger partial charge in [0.25, 0.3) is 5.91 Å². The summed E-state index contributed by atoms with van der Waals surface area (Å²) in [5.74, 6) is -0.889. The normalized spacial score (nSPS) is 12.6. The summed E-state index contributed by atoms with van der Waals surface area (Å²) in [5.41, 5.74) is -0.930. The smallest absolute Gasteiger partial charge is 0.345 e. The second-order valence-electron chi connectivity index (χ2n) is 6.04. The first-order valence-electron chi connectivity index (χ1n) is 8.14. The van der Waals surface area contributed by atoms with Crippen LogP contribution in [0.3, 0.4) is 0 Å². The van der Waals surface area contributed by atoms with Crippen LogP contribution in [0.15, 0.2) is 54.7 Å². The van der Waals surface area contributed by atoms with Crippen LogP contribution in [0.5, 0.6) is 0 Å². The standard InChI is InChI=1S/C19H14Cl2F3N3O/c1-11(12-3-2-4-14(21)9-12)26-18(28)16-10-25-27(17(16)19(22,23)24)15-7-5-13(20)6-8-15/h2-11H,1H3,(H,26,28). The van der Waals surface area contributed by atoms with Crippen molar-refractivity contribution < 1.29 is 18.0 Å². The van der Waals surface area contributed by atoms with Crippen molar-refractivity contribution in [1.82, 2.24) is 15.1 Å². The van der Waals surface area contributed by atoms with Crippen molar-refractivity contribution in [3.05, 3.63) is 81.6 Å². The van der Waals surface area contributed by atoms with E-state index in [-0.39, 0.29) is 5.69 Å². The third-order valence-corrected chi connectivity index (χ3v) is 4.54. The molecule has 0 fully saturated rings. The van der Waals surface area contributed by atoms with Crippen molar-refractivity contribution in [3.8, 4) is 5.69 Å². The SMILES string of the molecule is CC(NC(=O)c1cnn(-c2ccc(Cl)cc2)c1C(F)(F)F)c1cccc(Cl)c1. The van der Waals surface area contributed by atoms with Crippen LogP contribution in [0, 0.1) is 0 Å². The van der Waals surface area contributed by atoms with E-state index in [0.717, 1.165) is 6.20 Å². The van der Waals surface area contributed by atoms with E-state index in [0.29, 0.717) is 20.3 Å². The van der Waals surface area contributed by atoms with Crippen molar-refractivity contribution in [2.24, 2.45) is 0 Å². The molecular weight excluding hydrogens is 414 g/mol. The van der Waals surface area contributed by atoms with Gasteiger partial charge in [-0.25, -0.2) is 4.68 Å². The molecule has 3 rings (SSSR count). The van der Waals surface area contributed by atoms with Gasteiger partial charge in [-0.3, -0.25) is 4.79 Å². The lowest BCUT2D eigenvalue weighted by molar-refractivity contribution is -0.143. The Morgan fingerprint density at radius 3 is 2.39 bits per heavy atom. The molecule has 4 nitrogen and oxygen atoms in total. The van der Waals surface area contributed by atoms with Gasteiger partial charge in [0.2, 0.25) is 0 Å². The molecule has 9 heteroatoms. The summed E-state index contributed by atoms with van der Waals surface area (Å²) in [7, 11) is 0. The van der Waals surface area contributed by atoms with Crippen LogP contribution in [0.2, 0.25) is 10.0 Å². The molecule has 0 saturated heterocycles. The molecule has 2 aromatic carbocycles. The molecule has 0 aliphatic carbocycles. The van der Waals surface area contributed by atoms with Crippen LogP contribution < -0.4 is 5.32 Å². The number of hydrogen-bond acceptors (Lipinski definition) is 2. The van der Waals surface area contributed by atoms with Gasteiger partial charge in [0.05, 0.1) is 23.5 Å². The summed E-state index contributed by atoms with van der Waals surface area (Å²) in [4.78, 5) is 12.6. The lowest BCUT2D eigenvalue weighted by Gasteiger charge is -2.16. The lowest BCUT2D eigenvalue weighted by atomic mass is 10.1. The predicted octanol–water partition coefficient (Wildman–Crippen LogP) is 5.69. The fraction of sp³-hybridized carbons (Fsp3) is 0.158. The third kappa shape index (κ3) is 4.31. The number of aromatic nitrogens is 2. The molecule has 146 valence electrons. The van der Waals surface area contributed by atoms with Crippen molar-refractivity contribution in [2.75, 3.05) is 0 Å². The molecule has 1 unspecified atom stereocenters. The minimum atomic E-state index is -4.79. The Balaban J connectivity index is 1.95. The molecule has 0 bridgehead atoms. The van der Waals surface area contributed by atoms with Gasteiger partial charge in [-0.05, 0) is 48.9 Å². The highest BCUT2D eigenvalue weighted by atomic mass is 35.5. The Kier molecular flexibility index (Phi) is 5.67. The van der Waals surface area contributed by atoms with Crippen LogP contribution in [0.25, 0.3) is 5.69 Å². The number of nitrogens with zero attached hydrogens (tertiary/aromatic N) is 2. The Hall–Kier alpha value is -2.51. The zero-order chi connectivity index (χ0) is 20.5. The minimum absolute atomic E-state index is 0.138. The number of carbonyl (C=O) groups is 1. The number of amides is 1. The molecule has 1 amide bonds. The molecule has 0 aliphatic rings. The molecule has 1 heterocycles. The summed E-state index contributed by atoms with van der Waals surface area (Å²) in [6.07, 6.45) is -3.89. The molecular formula is C19H14Cl2F3N3O. The summed E-state index contributed by atoms with van der Waals surface area (Å²) < 4.78 is 41.8. The third-order valence-electron chi connectivity index (χ3n) is 4.05. The van der Waals surface area contributed by atoms with E-state index in [2.05, 4.69) is 10.4 Å². The fourth-order valence-corrected chi connectivity index (χ4v) is 3.02. The summed E-state index contributed by atoms with van der Waals surface area (Å²) >= 11 is 11.7. The fourth-order valence-electron chi connectivity index (χ4n) is 2.70. The highest BCUT2D eigenvalue weighted by molar-refractivity contribution is 6.30.